The van der Waals surface area contributed by atoms with Crippen LogP contribution in [0.2, 0.25) is 5.02 Å². The lowest BCUT2D eigenvalue weighted by Gasteiger charge is -2.10. The molecule has 0 unspecified atom stereocenters. The number of ether oxygens (including phenoxy) is 2. The summed E-state index contributed by atoms with van der Waals surface area (Å²) in [5.41, 5.74) is 6.52. The van der Waals surface area contributed by atoms with Crippen molar-refractivity contribution in [3.8, 4) is 5.75 Å². The van der Waals surface area contributed by atoms with Gasteiger partial charge >= 0.3 is 0 Å². The van der Waals surface area contributed by atoms with E-state index in [9.17, 15) is 0 Å². The zero-order valence-electron chi connectivity index (χ0n) is 8.83. The van der Waals surface area contributed by atoms with Crippen LogP contribution < -0.4 is 10.5 Å². The highest BCUT2D eigenvalue weighted by atomic mass is 35.5. The Balaban J connectivity index is 2.52. The monoisotopic (exact) mass is 229 g/mol. The molecule has 1 rings (SSSR count). The van der Waals surface area contributed by atoms with E-state index < -0.39 is 0 Å². The minimum absolute atomic E-state index is 0.431. The third-order valence-electron chi connectivity index (χ3n) is 1.99. The first-order valence-corrected chi connectivity index (χ1v) is 5.26. The van der Waals surface area contributed by atoms with Gasteiger partial charge in [0.15, 0.2) is 0 Å². The van der Waals surface area contributed by atoms with Crippen molar-refractivity contribution in [1.29, 1.82) is 0 Å². The molecule has 0 fully saturated rings. The Morgan fingerprint density at radius 2 is 2.13 bits per heavy atom. The van der Waals surface area contributed by atoms with Gasteiger partial charge in [0.1, 0.15) is 5.75 Å². The van der Waals surface area contributed by atoms with Crippen LogP contribution in [0.15, 0.2) is 18.2 Å². The van der Waals surface area contributed by atoms with Gasteiger partial charge in [-0.3, -0.25) is 0 Å². The van der Waals surface area contributed by atoms with Crippen LogP contribution in [0.1, 0.15) is 12.0 Å². The van der Waals surface area contributed by atoms with Gasteiger partial charge in [0.05, 0.1) is 6.61 Å². The number of halogens is 1. The quantitative estimate of drug-likeness (QED) is 0.761. The molecule has 4 heteroatoms. The Labute approximate surface area is 95.1 Å². The highest BCUT2D eigenvalue weighted by molar-refractivity contribution is 6.30. The van der Waals surface area contributed by atoms with E-state index in [4.69, 9.17) is 26.8 Å². The lowest BCUT2D eigenvalue weighted by Crippen LogP contribution is -2.05. The third-order valence-corrected chi connectivity index (χ3v) is 2.23. The van der Waals surface area contributed by atoms with E-state index in [1.807, 2.05) is 12.1 Å². The molecule has 0 bridgehead atoms. The first kappa shape index (κ1) is 12.3. The third kappa shape index (κ3) is 4.08. The van der Waals surface area contributed by atoms with Gasteiger partial charge in [-0.15, -0.1) is 0 Å². The summed E-state index contributed by atoms with van der Waals surface area (Å²) in [4.78, 5) is 0. The summed E-state index contributed by atoms with van der Waals surface area (Å²) in [6.07, 6.45) is 0.864. The van der Waals surface area contributed by atoms with E-state index in [-0.39, 0.29) is 0 Å². The maximum absolute atomic E-state index is 5.85. The Kier molecular flexibility index (Phi) is 5.47. The first-order chi connectivity index (χ1) is 7.27. The number of hydrogen-bond donors (Lipinski definition) is 1. The topological polar surface area (TPSA) is 44.5 Å². The van der Waals surface area contributed by atoms with E-state index >= 15 is 0 Å². The SMILES string of the molecule is COCCCOc1ccc(Cl)cc1CN. The average molecular weight is 230 g/mol. The van der Waals surface area contributed by atoms with Gasteiger partial charge in [-0.1, -0.05) is 11.6 Å². The zero-order chi connectivity index (χ0) is 11.1. The van der Waals surface area contributed by atoms with Gasteiger partial charge in [0.25, 0.3) is 0 Å². The molecule has 0 aliphatic heterocycles. The van der Waals surface area contributed by atoms with Crippen LogP contribution >= 0.6 is 11.6 Å². The maximum Gasteiger partial charge on any atom is 0.123 e. The Morgan fingerprint density at radius 3 is 2.80 bits per heavy atom. The van der Waals surface area contributed by atoms with Crippen molar-refractivity contribution in [3.63, 3.8) is 0 Å². The summed E-state index contributed by atoms with van der Waals surface area (Å²) in [6, 6.07) is 5.47. The molecule has 0 aliphatic rings. The number of benzene rings is 1. The van der Waals surface area contributed by atoms with Crippen LogP contribution in [-0.2, 0) is 11.3 Å². The molecule has 2 N–H and O–H groups in total. The van der Waals surface area contributed by atoms with Crippen LogP contribution in [0.25, 0.3) is 0 Å². The molecule has 0 aliphatic carbocycles. The van der Waals surface area contributed by atoms with Crippen molar-refractivity contribution in [2.45, 2.75) is 13.0 Å². The molecule has 0 aromatic heterocycles. The first-order valence-electron chi connectivity index (χ1n) is 4.88. The predicted molar refractivity (Wildman–Crippen MR) is 61.3 cm³/mol. The molecular weight excluding hydrogens is 214 g/mol. The van der Waals surface area contributed by atoms with Crippen LogP contribution in [0.5, 0.6) is 5.75 Å². The molecule has 84 valence electrons. The van der Waals surface area contributed by atoms with Crippen molar-refractivity contribution in [2.75, 3.05) is 20.3 Å². The molecule has 0 amide bonds. The molecule has 0 saturated heterocycles. The summed E-state index contributed by atoms with van der Waals surface area (Å²) in [5.74, 6) is 0.804. The fourth-order valence-electron chi connectivity index (χ4n) is 1.23. The molecule has 0 radical (unpaired) electrons. The second-order valence-corrected chi connectivity index (χ2v) is 3.59. The Bertz CT molecular complexity index is 305. The second-order valence-electron chi connectivity index (χ2n) is 3.15. The van der Waals surface area contributed by atoms with Gasteiger partial charge in [-0.05, 0) is 18.2 Å². The lowest BCUT2D eigenvalue weighted by molar-refractivity contribution is 0.172. The van der Waals surface area contributed by atoms with Crippen molar-refractivity contribution < 1.29 is 9.47 Å². The van der Waals surface area contributed by atoms with Crippen molar-refractivity contribution in [1.82, 2.24) is 0 Å². The van der Waals surface area contributed by atoms with Crippen LogP contribution in [-0.4, -0.2) is 20.3 Å². The normalized spacial score (nSPS) is 10.3. The molecule has 15 heavy (non-hydrogen) atoms. The molecule has 1 aromatic carbocycles. The minimum Gasteiger partial charge on any atom is -0.493 e. The summed E-state index contributed by atoms with van der Waals surface area (Å²) in [6.45, 7) is 1.76. The number of methoxy groups -OCH3 is 1. The summed E-state index contributed by atoms with van der Waals surface area (Å²) in [5, 5.41) is 0.680. The Hall–Kier alpha value is -0.770. The molecule has 3 nitrogen and oxygen atoms in total. The van der Waals surface area contributed by atoms with Crippen molar-refractivity contribution in [3.05, 3.63) is 28.8 Å². The predicted octanol–water partition coefficient (Wildman–Crippen LogP) is 2.21. The fourth-order valence-corrected chi connectivity index (χ4v) is 1.43. The van der Waals surface area contributed by atoms with E-state index in [1.165, 1.54) is 0 Å². The molecule has 0 heterocycles. The molecule has 1 aromatic rings. The maximum atomic E-state index is 5.85. The van der Waals surface area contributed by atoms with E-state index in [1.54, 1.807) is 13.2 Å². The van der Waals surface area contributed by atoms with Crippen LogP contribution in [0.4, 0.5) is 0 Å². The van der Waals surface area contributed by atoms with E-state index in [2.05, 4.69) is 0 Å². The Morgan fingerprint density at radius 1 is 1.33 bits per heavy atom. The van der Waals surface area contributed by atoms with Crippen molar-refractivity contribution in [2.24, 2.45) is 5.73 Å². The van der Waals surface area contributed by atoms with Gasteiger partial charge < -0.3 is 15.2 Å². The van der Waals surface area contributed by atoms with Crippen LogP contribution in [0.3, 0.4) is 0 Å². The molecule has 0 spiro atoms. The van der Waals surface area contributed by atoms with Gasteiger partial charge in [0.2, 0.25) is 0 Å². The largest absolute Gasteiger partial charge is 0.493 e. The highest BCUT2D eigenvalue weighted by Crippen LogP contribution is 2.22. The summed E-state index contributed by atoms with van der Waals surface area (Å²) >= 11 is 5.85. The second kappa shape index (κ2) is 6.67. The zero-order valence-corrected chi connectivity index (χ0v) is 9.59. The smallest absolute Gasteiger partial charge is 0.123 e. The average Bonchev–Trinajstić information content (AvgIpc) is 2.26. The number of rotatable bonds is 6. The molecule has 0 saturated carbocycles. The fraction of sp³-hybridized carbons (Fsp3) is 0.455. The molecular formula is C11H16ClNO2. The van der Waals surface area contributed by atoms with Crippen molar-refractivity contribution >= 4 is 11.6 Å². The molecule has 0 atom stereocenters. The van der Waals surface area contributed by atoms with Crippen LogP contribution in [0, 0.1) is 0 Å². The highest BCUT2D eigenvalue weighted by Gasteiger charge is 2.02. The summed E-state index contributed by atoms with van der Waals surface area (Å²) in [7, 11) is 1.67. The lowest BCUT2D eigenvalue weighted by atomic mass is 10.2. The van der Waals surface area contributed by atoms with Gasteiger partial charge in [0, 0.05) is 37.3 Å². The number of hydrogen-bond acceptors (Lipinski definition) is 3. The number of nitrogens with two attached hydrogens (primary N) is 1. The van der Waals surface area contributed by atoms with Gasteiger partial charge in [-0.2, -0.15) is 0 Å². The summed E-state index contributed by atoms with van der Waals surface area (Å²) < 4.78 is 10.5. The van der Waals surface area contributed by atoms with E-state index in [0.29, 0.717) is 24.8 Å². The standard InChI is InChI=1S/C11H16ClNO2/c1-14-5-2-6-15-11-4-3-10(12)7-9(11)8-13/h3-4,7H,2,5-6,8,13H2,1H3. The minimum atomic E-state index is 0.431. The van der Waals surface area contributed by atoms with E-state index in [0.717, 1.165) is 17.7 Å². The van der Waals surface area contributed by atoms with Gasteiger partial charge in [-0.25, -0.2) is 0 Å².